The van der Waals surface area contributed by atoms with E-state index in [-0.39, 0.29) is 51.4 Å². The Morgan fingerprint density at radius 1 is 1.38 bits per heavy atom. The normalized spacial score (nSPS) is 27.8. The van der Waals surface area contributed by atoms with E-state index < -0.39 is 5.97 Å². The second-order valence-electron chi connectivity index (χ2n) is 3.48. The third-order valence-electron chi connectivity index (χ3n) is 2.59. The first kappa shape index (κ1) is 14.1. The second kappa shape index (κ2) is 7.37. The molecule has 0 aliphatic heterocycles. The molecule has 0 aromatic carbocycles. The molecule has 0 radical (unpaired) electrons. The second-order valence-corrected chi connectivity index (χ2v) is 3.48. The fraction of sp³-hybridized carbons (Fsp3) is 0.889. The first-order valence-corrected chi connectivity index (χ1v) is 4.47. The fourth-order valence-corrected chi connectivity index (χ4v) is 1.82. The van der Waals surface area contributed by atoms with E-state index in [1.165, 1.54) is 0 Å². The van der Waals surface area contributed by atoms with Crippen LogP contribution in [-0.4, -0.2) is 75.7 Å². The van der Waals surface area contributed by atoms with Crippen LogP contribution in [0.3, 0.4) is 0 Å². The average Bonchev–Trinajstić information content (AvgIpc) is 2.05. The van der Waals surface area contributed by atoms with Gasteiger partial charge in [-0.3, -0.25) is 4.79 Å². The summed E-state index contributed by atoms with van der Waals surface area (Å²) in [5.74, 6) is -0.287. The molecule has 72 valence electrons. The van der Waals surface area contributed by atoms with Gasteiger partial charge in [0.15, 0.2) is 0 Å². The molecule has 0 bridgehead atoms. The fourth-order valence-electron chi connectivity index (χ4n) is 1.82. The number of hydrogen-bond donors (Lipinski definition) is 1. The molecule has 0 aromatic heterocycles. The van der Waals surface area contributed by atoms with Crippen LogP contribution in [0.25, 0.3) is 0 Å². The molecule has 1 saturated carbocycles. The van der Waals surface area contributed by atoms with Gasteiger partial charge in [0.25, 0.3) is 0 Å². The summed E-state index contributed by atoms with van der Waals surface area (Å²) in [6, 6.07) is 0. The Morgan fingerprint density at radius 3 is 2.31 bits per heavy atom. The Hall–Kier alpha value is 1.07. The van der Waals surface area contributed by atoms with Crippen molar-refractivity contribution in [3.8, 4) is 0 Å². The predicted molar refractivity (Wildman–Crippen MR) is 52.2 cm³/mol. The molecule has 0 amide bonds. The van der Waals surface area contributed by atoms with Gasteiger partial charge in [-0.2, -0.15) is 0 Å². The molecule has 1 fully saturated rings. The molecule has 0 heterocycles. The summed E-state index contributed by atoms with van der Waals surface area (Å²) in [5.41, 5.74) is 0. The summed E-state index contributed by atoms with van der Waals surface area (Å²) in [6.07, 6.45) is 4.75. The maximum atomic E-state index is 10.4. The van der Waals surface area contributed by atoms with E-state index in [9.17, 15) is 4.79 Å². The third kappa shape index (κ3) is 5.49. The average molecular weight is 212 g/mol. The van der Waals surface area contributed by atoms with Gasteiger partial charge >= 0.3 is 57.4 Å². The third-order valence-corrected chi connectivity index (χ3v) is 2.59. The number of carboxylic acid groups (broad SMARTS) is 1. The van der Waals surface area contributed by atoms with Crippen molar-refractivity contribution in [1.29, 1.82) is 0 Å². The predicted octanol–water partition coefficient (Wildman–Crippen LogP) is 1.02. The zero-order valence-electron chi connectivity index (χ0n) is 7.45. The van der Waals surface area contributed by atoms with Crippen LogP contribution in [0.2, 0.25) is 0 Å². The van der Waals surface area contributed by atoms with Crippen molar-refractivity contribution in [2.24, 2.45) is 5.92 Å². The number of methoxy groups -OCH3 is 1. The van der Waals surface area contributed by atoms with Crippen molar-refractivity contribution in [2.45, 2.75) is 38.2 Å². The molecule has 1 rings (SSSR count). The van der Waals surface area contributed by atoms with Gasteiger partial charge in [-0.25, -0.2) is 0 Å². The van der Waals surface area contributed by atoms with Crippen LogP contribution in [0.4, 0.5) is 0 Å². The van der Waals surface area contributed by atoms with E-state index >= 15 is 0 Å². The van der Waals surface area contributed by atoms with Gasteiger partial charge in [0, 0.05) is 13.5 Å². The molecule has 4 heteroatoms. The number of ether oxygens (including phenoxy) is 1. The molecule has 0 unspecified atom stereocenters. The number of carbonyl (C=O) groups is 1. The van der Waals surface area contributed by atoms with Crippen LogP contribution in [0, 0.1) is 5.92 Å². The van der Waals surface area contributed by atoms with Gasteiger partial charge in [-0.1, -0.05) is 0 Å². The summed E-state index contributed by atoms with van der Waals surface area (Å²) in [7, 11) is 1.72. The number of carboxylic acids is 1. The van der Waals surface area contributed by atoms with Gasteiger partial charge in [0.2, 0.25) is 0 Å². The van der Waals surface area contributed by atoms with Crippen molar-refractivity contribution in [2.75, 3.05) is 7.11 Å². The Morgan fingerprint density at radius 2 is 1.92 bits per heavy atom. The molecule has 0 aromatic rings. The van der Waals surface area contributed by atoms with Crippen LogP contribution in [0.15, 0.2) is 0 Å². The van der Waals surface area contributed by atoms with Gasteiger partial charge in [-0.15, -0.1) is 0 Å². The summed E-state index contributed by atoms with van der Waals surface area (Å²) in [4.78, 5) is 10.4. The topological polar surface area (TPSA) is 46.5 Å². The summed E-state index contributed by atoms with van der Waals surface area (Å²) in [6.45, 7) is 0. The Balaban J connectivity index is 0.00000144. The molecular formula is C9H17KO3. The maximum absolute atomic E-state index is 10.4. The van der Waals surface area contributed by atoms with E-state index in [0.717, 1.165) is 25.7 Å². The van der Waals surface area contributed by atoms with E-state index in [2.05, 4.69) is 0 Å². The molecule has 1 N–H and O–H groups in total. The van der Waals surface area contributed by atoms with Gasteiger partial charge < -0.3 is 9.84 Å². The SMILES string of the molecule is COC1CCC(CC(=O)O)CC1.[KH]. The molecule has 13 heavy (non-hydrogen) atoms. The van der Waals surface area contributed by atoms with Crippen molar-refractivity contribution >= 4 is 57.4 Å². The number of rotatable bonds is 3. The van der Waals surface area contributed by atoms with E-state index in [0.29, 0.717) is 18.4 Å². The standard InChI is InChI=1S/C9H16O3.K.H/c1-12-8-4-2-7(3-5-8)6-9(10)11;;/h7-8H,2-6H2,1H3,(H,10,11);;. The molecule has 0 saturated heterocycles. The van der Waals surface area contributed by atoms with Gasteiger partial charge in [0.1, 0.15) is 0 Å². The zero-order valence-corrected chi connectivity index (χ0v) is 7.45. The Bertz CT molecular complexity index is 153. The first-order chi connectivity index (χ1) is 5.72. The molecule has 0 spiro atoms. The van der Waals surface area contributed by atoms with Crippen molar-refractivity contribution < 1.29 is 14.6 Å². The van der Waals surface area contributed by atoms with Crippen LogP contribution in [0.1, 0.15) is 32.1 Å². The van der Waals surface area contributed by atoms with E-state index in [1.54, 1.807) is 7.11 Å². The first-order valence-electron chi connectivity index (χ1n) is 4.47. The van der Waals surface area contributed by atoms with Crippen LogP contribution in [0.5, 0.6) is 0 Å². The number of hydrogen-bond acceptors (Lipinski definition) is 2. The van der Waals surface area contributed by atoms with Gasteiger partial charge in [0.05, 0.1) is 6.10 Å². The summed E-state index contributed by atoms with van der Waals surface area (Å²) in [5, 5.41) is 8.56. The summed E-state index contributed by atoms with van der Waals surface area (Å²) >= 11 is 0. The van der Waals surface area contributed by atoms with Crippen LogP contribution < -0.4 is 0 Å². The van der Waals surface area contributed by atoms with Crippen LogP contribution in [-0.2, 0) is 9.53 Å². The van der Waals surface area contributed by atoms with E-state index in [4.69, 9.17) is 9.84 Å². The minimum atomic E-state index is -0.670. The molecule has 1 aliphatic rings. The Labute approximate surface area is 122 Å². The van der Waals surface area contributed by atoms with Gasteiger partial charge in [-0.05, 0) is 31.6 Å². The molecule has 3 nitrogen and oxygen atoms in total. The monoisotopic (exact) mass is 212 g/mol. The van der Waals surface area contributed by atoms with E-state index in [1.807, 2.05) is 0 Å². The molecule has 1 aliphatic carbocycles. The van der Waals surface area contributed by atoms with Crippen molar-refractivity contribution in [3.05, 3.63) is 0 Å². The zero-order chi connectivity index (χ0) is 8.97. The van der Waals surface area contributed by atoms with Crippen LogP contribution >= 0.6 is 0 Å². The quantitative estimate of drug-likeness (QED) is 0.710. The Kier molecular flexibility index (Phi) is 7.97. The number of aliphatic carboxylic acids is 1. The molecule has 0 atom stereocenters. The summed E-state index contributed by atoms with van der Waals surface area (Å²) < 4.78 is 5.20. The van der Waals surface area contributed by atoms with Crippen molar-refractivity contribution in [3.63, 3.8) is 0 Å². The minimum absolute atomic E-state index is 0. The van der Waals surface area contributed by atoms with Crippen molar-refractivity contribution in [1.82, 2.24) is 0 Å². The molecular weight excluding hydrogens is 195 g/mol.